The summed E-state index contributed by atoms with van der Waals surface area (Å²) in [7, 11) is 3.90. The molecule has 0 radical (unpaired) electrons. The topological polar surface area (TPSA) is 66.0 Å². The lowest BCUT2D eigenvalue weighted by molar-refractivity contribution is -0.137. The van der Waals surface area contributed by atoms with Gasteiger partial charge in [0.1, 0.15) is 11.9 Å². The minimum absolute atomic E-state index is 0.0602. The van der Waals surface area contributed by atoms with Crippen LogP contribution in [0, 0.1) is 12.8 Å². The van der Waals surface area contributed by atoms with E-state index in [-0.39, 0.29) is 23.8 Å². The van der Waals surface area contributed by atoms with Gasteiger partial charge in [0.05, 0.1) is 11.3 Å². The first-order chi connectivity index (χ1) is 20.3. The lowest BCUT2D eigenvalue weighted by Crippen LogP contribution is -2.37. The molecule has 2 amide bonds. The number of carbonyl (C=O) groups is 2. The number of hydrogen-bond donors (Lipinski definition) is 0. The molecule has 226 valence electrons. The van der Waals surface area contributed by atoms with Crippen molar-refractivity contribution in [2.75, 3.05) is 55.5 Å². The minimum Gasteiger partial charge on any atom is -0.485 e. The molecule has 0 spiro atoms. The molecule has 1 fully saturated rings. The highest BCUT2D eigenvalue weighted by Crippen LogP contribution is 2.33. The third kappa shape index (κ3) is 8.07. The Morgan fingerprint density at radius 3 is 2.67 bits per heavy atom. The van der Waals surface area contributed by atoms with Crippen molar-refractivity contribution >= 4 is 46.3 Å². The summed E-state index contributed by atoms with van der Waals surface area (Å²) in [5.74, 6) is 2.39. The molecule has 5 rings (SSSR count). The number of thiophene rings is 1. The second-order valence-electron chi connectivity index (χ2n) is 11.0. The number of pyridine rings is 1. The molecule has 42 heavy (non-hydrogen) atoms. The summed E-state index contributed by atoms with van der Waals surface area (Å²) in [6.07, 6.45) is 8.80. The molecule has 3 heterocycles. The molecular weight excluding hydrogens is 565 g/mol. The van der Waals surface area contributed by atoms with Gasteiger partial charge in [-0.25, -0.2) is 0 Å². The van der Waals surface area contributed by atoms with Crippen LogP contribution < -0.4 is 14.5 Å². The molecule has 1 aliphatic heterocycles. The SMILES string of the molecule is CCCSC.Cc1cc2c(cn1)C(=O)N(c1cccc(OC(CCN(C)C(=O)C3CCC3)c3cccs3)c1)CCN2C. The number of thioether (sulfide) groups is 1. The average Bonchev–Trinajstić information content (AvgIpc) is 3.46. The van der Waals surface area contributed by atoms with Crippen molar-refractivity contribution in [1.82, 2.24) is 9.88 Å². The number of carbonyl (C=O) groups excluding carboxylic acids is 2. The van der Waals surface area contributed by atoms with Crippen molar-refractivity contribution < 1.29 is 14.3 Å². The molecule has 1 saturated carbocycles. The summed E-state index contributed by atoms with van der Waals surface area (Å²) in [4.78, 5) is 37.4. The van der Waals surface area contributed by atoms with E-state index in [1.54, 1.807) is 22.4 Å². The van der Waals surface area contributed by atoms with Gasteiger partial charge in [-0.05, 0) is 67.8 Å². The fraction of sp³-hybridized carbons (Fsp3) is 0.485. The predicted octanol–water partition coefficient (Wildman–Crippen LogP) is 7.08. The number of benzene rings is 1. The Morgan fingerprint density at radius 1 is 1.21 bits per heavy atom. The summed E-state index contributed by atoms with van der Waals surface area (Å²) in [5.41, 5.74) is 3.20. The molecule has 0 saturated heterocycles. The summed E-state index contributed by atoms with van der Waals surface area (Å²) in [6, 6.07) is 13.8. The number of nitrogens with zero attached hydrogens (tertiary/aromatic N) is 4. The monoisotopic (exact) mass is 608 g/mol. The van der Waals surface area contributed by atoms with E-state index in [2.05, 4.69) is 29.1 Å². The number of aromatic nitrogens is 1. The zero-order valence-corrected chi connectivity index (χ0v) is 27.2. The highest BCUT2D eigenvalue weighted by Gasteiger charge is 2.29. The van der Waals surface area contributed by atoms with Gasteiger partial charge in [0.2, 0.25) is 5.91 Å². The Labute approximate surface area is 259 Å². The van der Waals surface area contributed by atoms with Gasteiger partial charge in [-0.15, -0.1) is 11.3 Å². The van der Waals surface area contributed by atoms with Crippen LogP contribution in [0.4, 0.5) is 11.4 Å². The van der Waals surface area contributed by atoms with Crippen molar-refractivity contribution in [3.05, 3.63) is 70.2 Å². The zero-order valence-electron chi connectivity index (χ0n) is 25.5. The maximum absolute atomic E-state index is 13.5. The van der Waals surface area contributed by atoms with E-state index in [9.17, 15) is 9.59 Å². The van der Waals surface area contributed by atoms with Crippen LogP contribution in [-0.2, 0) is 4.79 Å². The lowest BCUT2D eigenvalue weighted by Gasteiger charge is -2.30. The first-order valence-electron chi connectivity index (χ1n) is 14.9. The Kier molecular flexibility index (Phi) is 11.7. The molecule has 1 aromatic carbocycles. The smallest absolute Gasteiger partial charge is 0.262 e. The molecule has 0 N–H and O–H groups in total. The number of aryl methyl sites for hydroxylation is 1. The molecule has 9 heteroatoms. The van der Waals surface area contributed by atoms with Crippen molar-refractivity contribution in [3.8, 4) is 5.75 Å². The van der Waals surface area contributed by atoms with E-state index in [0.29, 0.717) is 37.4 Å². The van der Waals surface area contributed by atoms with Crippen LogP contribution >= 0.6 is 23.1 Å². The largest absolute Gasteiger partial charge is 0.485 e. The van der Waals surface area contributed by atoms with E-state index >= 15 is 0 Å². The first-order valence-corrected chi connectivity index (χ1v) is 17.1. The second-order valence-corrected chi connectivity index (χ2v) is 13.0. The molecule has 0 bridgehead atoms. The molecule has 1 aliphatic carbocycles. The molecule has 1 atom stereocenters. The number of fused-ring (bicyclic) bond motifs is 1. The van der Waals surface area contributed by atoms with E-state index in [4.69, 9.17) is 4.74 Å². The van der Waals surface area contributed by atoms with E-state index in [1.807, 2.05) is 79.5 Å². The van der Waals surface area contributed by atoms with Crippen LogP contribution in [0.2, 0.25) is 0 Å². The van der Waals surface area contributed by atoms with Gasteiger partial charge in [-0.3, -0.25) is 14.6 Å². The fourth-order valence-electron chi connectivity index (χ4n) is 5.10. The van der Waals surface area contributed by atoms with Crippen molar-refractivity contribution in [1.29, 1.82) is 0 Å². The second kappa shape index (κ2) is 15.4. The maximum Gasteiger partial charge on any atom is 0.262 e. The minimum atomic E-state index is -0.175. The van der Waals surface area contributed by atoms with Crippen molar-refractivity contribution in [3.63, 3.8) is 0 Å². The zero-order chi connectivity index (χ0) is 30.1. The van der Waals surface area contributed by atoms with Gasteiger partial charge in [0.15, 0.2) is 0 Å². The summed E-state index contributed by atoms with van der Waals surface area (Å²) < 4.78 is 6.51. The highest BCUT2D eigenvalue weighted by molar-refractivity contribution is 7.98. The number of anilines is 2. The van der Waals surface area contributed by atoms with Crippen molar-refractivity contribution in [2.45, 2.75) is 52.1 Å². The van der Waals surface area contributed by atoms with E-state index in [1.165, 1.54) is 12.2 Å². The summed E-state index contributed by atoms with van der Waals surface area (Å²) in [5, 5.41) is 2.05. The van der Waals surface area contributed by atoms with Gasteiger partial charge in [0, 0.05) is 74.6 Å². The van der Waals surface area contributed by atoms with Gasteiger partial charge in [-0.2, -0.15) is 11.8 Å². The summed E-state index contributed by atoms with van der Waals surface area (Å²) >= 11 is 3.56. The molecule has 2 aromatic heterocycles. The normalized spacial score (nSPS) is 15.6. The average molecular weight is 609 g/mol. The molecule has 7 nitrogen and oxygen atoms in total. The maximum atomic E-state index is 13.5. The van der Waals surface area contributed by atoms with Crippen LogP contribution in [-0.4, -0.2) is 67.4 Å². The molecule has 1 unspecified atom stereocenters. The lowest BCUT2D eigenvalue weighted by atomic mass is 9.84. The van der Waals surface area contributed by atoms with Gasteiger partial charge < -0.3 is 19.4 Å². The van der Waals surface area contributed by atoms with Crippen molar-refractivity contribution in [2.24, 2.45) is 5.92 Å². The Hall–Kier alpha value is -3.04. The van der Waals surface area contributed by atoms with Crippen LogP contribution in [0.15, 0.2) is 54.0 Å². The van der Waals surface area contributed by atoms with Gasteiger partial charge >= 0.3 is 0 Å². The van der Waals surface area contributed by atoms with E-state index in [0.717, 1.165) is 41.2 Å². The third-order valence-corrected chi connectivity index (χ3v) is 9.58. The molecule has 3 aromatic rings. The number of likely N-dealkylation sites (N-methyl/N-ethyl adjacent to an activating group) is 1. The Bertz CT molecular complexity index is 1310. The van der Waals surface area contributed by atoms with E-state index < -0.39 is 0 Å². The number of amides is 2. The number of hydrogen-bond acceptors (Lipinski definition) is 7. The van der Waals surface area contributed by atoms with Gasteiger partial charge in [0.25, 0.3) is 5.91 Å². The van der Waals surface area contributed by atoms with Crippen LogP contribution in [0.5, 0.6) is 5.75 Å². The highest BCUT2D eigenvalue weighted by atomic mass is 32.2. The molecule has 2 aliphatic rings. The quantitative estimate of drug-likeness (QED) is 0.245. The third-order valence-electron chi connectivity index (χ3n) is 7.80. The summed E-state index contributed by atoms with van der Waals surface area (Å²) in [6.45, 7) is 6.04. The first kappa shape index (κ1) is 31.9. The van der Waals surface area contributed by atoms with Crippen LogP contribution in [0.25, 0.3) is 0 Å². The van der Waals surface area contributed by atoms with Crippen LogP contribution in [0.3, 0.4) is 0 Å². The Morgan fingerprint density at radius 2 is 2.02 bits per heavy atom. The number of ether oxygens (including phenoxy) is 1. The van der Waals surface area contributed by atoms with Gasteiger partial charge in [-0.1, -0.05) is 25.5 Å². The number of rotatable bonds is 10. The Balaban J connectivity index is 0.000000748. The molecular formula is C33H44N4O3S2. The fourth-order valence-corrected chi connectivity index (χ4v) is 6.30. The predicted molar refractivity (Wildman–Crippen MR) is 176 cm³/mol. The van der Waals surface area contributed by atoms with Crippen LogP contribution in [0.1, 0.15) is 66.1 Å². The standard InChI is InChI=1S/C29H34N4O3S.C4H10S/c1-20-17-25-24(19-30-20)29(35)33(15-14-31(25)2)22-9-5-10-23(18-22)36-26(27-11-6-16-37-27)12-13-32(3)28(34)21-7-4-8-21;1-3-4-5-2/h5-6,9-11,16-19,21,26H,4,7-8,12-15H2,1-3H3;3-4H2,1-2H3.